The van der Waals surface area contributed by atoms with Gasteiger partial charge < -0.3 is 5.32 Å². The number of hydrogen-bond donors (Lipinski definition) is 1. The molecule has 0 aromatic heterocycles. The zero-order valence-electron chi connectivity index (χ0n) is 13.9. The van der Waals surface area contributed by atoms with E-state index in [0.717, 1.165) is 17.8 Å². The second kappa shape index (κ2) is 5.76. The van der Waals surface area contributed by atoms with Crippen LogP contribution < -0.4 is 5.32 Å². The van der Waals surface area contributed by atoms with Crippen LogP contribution >= 0.6 is 0 Å². The Hall–Kier alpha value is -0.0400. The van der Waals surface area contributed by atoms with Gasteiger partial charge >= 0.3 is 0 Å². The highest BCUT2D eigenvalue weighted by Crippen LogP contribution is 2.52. The Bertz CT molecular complexity index is 285. The van der Waals surface area contributed by atoms with Crippen molar-refractivity contribution in [3.63, 3.8) is 0 Å². The average Bonchev–Trinajstić information content (AvgIpc) is 2.95. The SMILES string of the molecule is CCC(CC)(CNC(C)(C)C)CC1CC2CCC1C2. The molecule has 0 aromatic rings. The van der Waals surface area contributed by atoms with E-state index in [4.69, 9.17) is 0 Å². The number of rotatable bonds is 6. The summed E-state index contributed by atoms with van der Waals surface area (Å²) in [5, 5.41) is 3.78. The van der Waals surface area contributed by atoms with E-state index in [0.29, 0.717) is 5.41 Å². The van der Waals surface area contributed by atoms with Crippen LogP contribution in [0.15, 0.2) is 0 Å². The molecule has 2 bridgehead atoms. The van der Waals surface area contributed by atoms with Gasteiger partial charge in [0.25, 0.3) is 0 Å². The fourth-order valence-electron chi connectivity index (χ4n) is 4.50. The monoisotopic (exact) mass is 265 g/mol. The first-order valence-electron chi connectivity index (χ1n) is 8.62. The van der Waals surface area contributed by atoms with Gasteiger partial charge in [-0.25, -0.2) is 0 Å². The normalized spacial score (nSPS) is 31.1. The van der Waals surface area contributed by atoms with Crippen molar-refractivity contribution >= 4 is 0 Å². The van der Waals surface area contributed by atoms with Gasteiger partial charge in [-0.2, -0.15) is 0 Å². The molecular formula is C18H35N. The molecule has 2 saturated carbocycles. The Kier molecular flexibility index (Phi) is 4.65. The van der Waals surface area contributed by atoms with Crippen LogP contribution in [0.2, 0.25) is 0 Å². The number of nitrogens with one attached hydrogen (secondary N) is 1. The van der Waals surface area contributed by atoms with Gasteiger partial charge in [0.15, 0.2) is 0 Å². The van der Waals surface area contributed by atoms with Crippen molar-refractivity contribution in [2.24, 2.45) is 23.2 Å². The third-order valence-electron chi connectivity index (χ3n) is 6.07. The minimum atomic E-state index is 0.254. The van der Waals surface area contributed by atoms with Crippen molar-refractivity contribution in [2.75, 3.05) is 6.54 Å². The molecule has 0 amide bonds. The topological polar surface area (TPSA) is 12.0 Å². The predicted octanol–water partition coefficient (Wildman–Crippen LogP) is 5.01. The summed E-state index contributed by atoms with van der Waals surface area (Å²) in [5.41, 5.74) is 0.798. The summed E-state index contributed by atoms with van der Waals surface area (Å²) in [7, 11) is 0. The van der Waals surface area contributed by atoms with E-state index in [-0.39, 0.29) is 5.54 Å². The molecule has 0 spiro atoms. The molecule has 3 atom stereocenters. The Morgan fingerprint density at radius 2 is 1.68 bits per heavy atom. The zero-order valence-corrected chi connectivity index (χ0v) is 13.9. The summed E-state index contributed by atoms with van der Waals surface area (Å²) in [5.74, 6) is 3.22. The molecule has 19 heavy (non-hydrogen) atoms. The maximum Gasteiger partial charge on any atom is 0.00967 e. The van der Waals surface area contributed by atoms with Gasteiger partial charge in [0.05, 0.1) is 0 Å². The zero-order chi connectivity index (χ0) is 14.1. The fraction of sp³-hybridized carbons (Fsp3) is 1.00. The van der Waals surface area contributed by atoms with Crippen molar-refractivity contribution in [2.45, 2.75) is 85.1 Å². The maximum absolute atomic E-state index is 3.78. The van der Waals surface area contributed by atoms with Gasteiger partial charge in [-0.15, -0.1) is 0 Å². The van der Waals surface area contributed by atoms with E-state index in [1.807, 2.05) is 0 Å². The molecule has 2 aliphatic rings. The lowest BCUT2D eigenvalue weighted by Crippen LogP contribution is -2.44. The van der Waals surface area contributed by atoms with Crippen molar-refractivity contribution < 1.29 is 0 Å². The van der Waals surface area contributed by atoms with Gasteiger partial charge in [0, 0.05) is 12.1 Å². The Morgan fingerprint density at radius 1 is 1.00 bits per heavy atom. The first kappa shape index (κ1) is 15.4. The molecule has 1 heteroatoms. The van der Waals surface area contributed by atoms with Gasteiger partial charge in [0.1, 0.15) is 0 Å². The fourth-order valence-corrected chi connectivity index (χ4v) is 4.50. The lowest BCUT2D eigenvalue weighted by molar-refractivity contribution is 0.143. The van der Waals surface area contributed by atoms with Gasteiger partial charge in [0.2, 0.25) is 0 Å². The highest BCUT2D eigenvalue weighted by atomic mass is 15.0. The molecule has 3 unspecified atom stereocenters. The first-order chi connectivity index (χ1) is 8.87. The summed E-state index contributed by atoms with van der Waals surface area (Å²) in [6, 6.07) is 0. The van der Waals surface area contributed by atoms with Crippen molar-refractivity contribution in [3.8, 4) is 0 Å². The Labute approximate surface area is 120 Å². The molecule has 2 aliphatic carbocycles. The van der Waals surface area contributed by atoms with E-state index < -0.39 is 0 Å². The molecule has 1 N–H and O–H groups in total. The van der Waals surface area contributed by atoms with Gasteiger partial charge in [-0.1, -0.05) is 20.3 Å². The van der Waals surface area contributed by atoms with Crippen LogP contribution in [-0.4, -0.2) is 12.1 Å². The van der Waals surface area contributed by atoms with Gasteiger partial charge in [-0.05, 0) is 82.5 Å². The number of fused-ring (bicyclic) bond motifs is 2. The maximum atomic E-state index is 3.78. The molecule has 0 aliphatic heterocycles. The third kappa shape index (κ3) is 3.74. The second-order valence-electron chi connectivity index (χ2n) is 8.45. The highest BCUT2D eigenvalue weighted by Gasteiger charge is 2.42. The number of hydrogen-bond acceptors (Lipinski definition) is 1. The molecule has 1 nitrogen and oxygen atoms in total. The molecule has 2 fully saturated rings. The molecule has 0 radical (unpaired) electrons. The van der Waals surface area contributed by atoms with Crippen molar-refractivity contribution in [3.05, 3.63) is 0 Å². The van der Waals surface area contributed by atoms with E-state index in [1.165, 1.54) is 38.6 Å². The van der Waals surface area contributed by atoms with Crippen molar-refractivity contribution in [1.29, 1.82) is 0 Å². The standard InChI is InChI=1S/C18H35N/c1-6-18(7-2,13-19-17(3,4)5)12-16-11-14-8-9-15(16)10-14/h14-16,19H,6-13H2,1-5H3. The van der Waals surface area contributed by atoms with E-state index in [1.54, 1.807) is 12.8 Å². The lowest BCUT2D eigenvalue weighted by Gasteiger charge is -2.39. The summed E-state index contributed by atoms with van der Waals surface area (Å²) in [6.07, 6.45) is 10.3. The molecular weight excluding hydrogens is 230 g/mol. The largest absolute Gasteiger partial charge is 0.312 e. The minimum Gasteiger partial charge on any atom is -0.312 e. The summed E-state index contributed by atoms with van der Waals surface area (Å²) in [4.78, 5) is 0. The van der Waals surface area contributed by atoms with Crippen LogP contribution in [0.3, 0.4) is 0 Å². The molecule has 2 rings (SSSR count). The highest BCUT2D eigenvalue weighted by molar-refractivity contribution is 4.94. The van der Waals surface area contributed by atoms with E-state index in [9.17, 15) is 0 Å². The molecule has 0 saturated heterocycles. The minimum absolute atomic E-state index is 0.254. The van der Waals surface area contributed by atoms with E-state index >= 15 is 0 Å². The second-order valence-corrected chi connectivity index (χ2v) is 8.45. The molecule has 112 valence electrons. The smallest absolute Gasteiger partial charge is 0.00967 e. The van der Waals surface area contributed by atoms with E-state index in [2.05, 4.69) is 39.9 Å². The van der Waals surface area contributed by atoms with Crippen LogP contribution in [0.4, 0.5) is 0 Å². The average molecular weight is 265 g/mol. The van der Waals surface area contributed by atoms with Crippen LogP contribution in [0.5, 0.6) is 0 Å². The van der Waals surface area contributed by atoms with Gasteiger partial charge in [-0.3, -0.25) is 0 Å². The van der Waals surface area contributed by atoms with Crippen LogP contribution in [0.25, 0.3) is 0 Å². The summed E-state index contributed by atoms with van der Waals surface area (Å²) >= 11 is 0. The quantitative estimate of drug-likeness (QED) is 0.712. The predicted molar refractivity (Wildman–Crippen MR) is 84.3 cm³/mol. The van der Waals surface area contributed by atoms with Crippen LogP contribution in [-0.2, 0) is 0 Å². The molecule has 0 aromatic carbocycles. The van der Waals surface area contributed by atoms with Crippen LogP contribution in [0.1, 0.15) is 79.6 Å². The van der Waals surface area contributed by atoms with Crippen LogP contribution in [0, 0.1) is 23.2 Å². The first-order valence-corrected chi connectivity index (χ1v) is 8.62. The lowest BCUT2D eigenvalue weighted by atomic mass is 9.70. The Balaban J connectivity index is 1.94. The van der Waals surface area contributed by atoms with Crippen molar-refractivity contribution in [1.82, 2.24) is 5.32 Å². The molecule has 0 heterocycles. The Morgan fingerprint density at radius 3 is 2.11 bits per heavy atom. The summed E-state index contributed by atoms with van der Waals surface area (Å²) in [6.45, 7) is 12.9. The third-order valence-corrected chi connectivity index (χ3v) is 6.07. The summed E-state index contributed by atoms with van der Waals surface area (Å²) < 4.78 is 0.